The summed E-state index contributed by atoms with van der Waals surface area (Å²) in [4.78, 5) is 0. The smallest absolute Gasteiger partial charge is 0.119 e. The Morgan fingerprint density at radius 3 is 2.73 bits per heavy atom. The topological polar surface area (TPSA) is 38.0 Å². The first kappa shape index (κ1) is 9.77. The SMILES string of the molecule is CCn1cc(-c2ccc(C)c(O)c2)cn1. The zero-order valence-electron chi connectivity index (χ0n) is 8.94. The predicted molar refractivity (Wildman–Crippen MR) is 59.7 cm³/mol. The first-order valence-corrected chi connectivity index (χ1v) is 5.03. The van der Waals surface area contributed by atoms with E-state index >= 15 is 0 Å². The van der Waals surface area contributed by atoms with Gasteiger partial charge in [-0.25, -0.2) is 0 Å². The molecule has 0 spiro atoms. The van der Waals surface area contributed by atoms with Crippen LogP contribution in [-0.2, 0) is 6.54 Å². The maximum atomic E-state index is 9.60. The first-order valence-electron chi connectivity index (χ1n) is 5.03. The van der Waals surface area contributed by atoms with Crippen molar-refractivity contribution in [3.8, 4) is 16.9 Å². The number of aromatic hydroxyl groups is 1. The van der Waals surface area contributed by atoms with Gasteiger partial charge in [-0.05, 0) is 31.0 Å². The molecule has 0 aliphatic carbocycles. The van der Waals surface area contributed by atoms with Crippen LogP contribution >= 0.6 is 0 Å². The van der Waals surface area contributed by atoms with E-state index in [-0.39, 0.29) is 0 Å². The molecule has 0 saturated heterocycles. The van der Waals surface area contributed by atoms with Gasteiger partial charge in [-0.2, -0.15) is 5.10 Å². The lowest BCUT2D eigenvalue weighted by Crippen LogP contribution is -1.91. The van der Waals surface area contributed by atoms with Crippen LogP contribution < -0.4 is 0 Å². The largest absolute Gasteiger partial charge is 0.508 e. The lowest BCUT2D eigenvalue weighted by atomic mass is 10.1. The van der Waals surface area contributed by atoms with Crippen LogP contribution in [0.1, 0.15) is 12.5 Å². The molecule has 0 aliphatic rings. The minimum atomic E-state index is 0.330. The molecule has 0 bridgehead atoms. The standard InChI is InChI=1S/C12H14N2O/c1-3-14-8-11(7-13-14)10-5-4-9(2)12(15)6-10/h4-8,15H,3H2,1-2H3. The van der Waals surface area contributed by atoms with Crippen molar-refractivity contribution >= 4 is 0 Å². The molecule has 3 heteroatoms. The summed E-state index contributed by atoms with van der Waals surface area (Å²) in [5.74, 6) is 0.330. The molecular weight excluding hydrogens is 188 g/mol. The normalized spacial score (nSPS) is 10.5. The molecule has 0 unspecified atom stereocenters. The highest BCUT2D eigenvalue weighted by Crippen LogP contribution is 2.25. The lowest BCUT2D eigenvalue weighted by molar-refractivity contribution is 0.471. The molecule has 78 valence electrons. The number of aryl methyl sites for hydroxylation is 2. The Morgan fingerprint density at radius 2 is 2.13 bits per heavy atom. The van der Waals surface area contributed by atoms with Gasteiger partial charge in [0.2, 0.25) is 0 Å². The molecule has 2 aromatic rings. The van der Waals surface area contributed by atoms with Gasteiger partial charge < -0.3 is 5.11 Å². The Hall–Kier alpha value is -1.77. The minimum Gasteiger partial charge on any atom is -0.508 e. The number of hydrogen-bond acceptors (Lipinski definition) is 2. The Morgan fingerprint density at radius 1 is 1.33 bits per heavy atom. The van der Waals surface area contributed by atoms with Gasteiger partial charge in [0.25, 0.3) is 0 Å². The van der Waals surface area contributed by atoms with E-state index in [9.17, 15) is 5.11 Å². The van der Waals surface area contributed by atoms with Crippen LogP contribution in [0.5, 0.6) is 5.75 Å². The van der Waals surface area contributed by atoms with E-state index in [1.165, 1.54) is 0 Å². The highest BCUT2D eigenvalue weighted by atomic mass is 16.3. The van der Waals surface area contributed by atoms with Gasteiger partial charge in [0.1, 0.15) is 5.75 Å². The molecule has 2 rings (SSSR count). The summed E-state index contributed by atoms with van der Waals surface area (Å²) in [5, 5.41) is 13.8. The summed E-state index contributed by atoms with van der Waals surface area (Å²) in [6.45, 7) is 4.79. The van der Waals surface area contributed by atoms with Gasteiger partial charge in [-0.1, -0.05) is 12.1 Å². The number of nitrogens with zero attached hydrogens (tertiary/aromatic N) is 2. The summed E-state index contributed by atoms with van der Waals surface area (Å²) in [7, 11) is 0. The fourth-order valence-corrected chi connectivity index (χ4v) is 1.47. The van der Waals surface area contributed by atoms with Crippen LogP contribution in [0.25, 0.3) is 11.1 Å². The van der Waals surface area contributed by atoms with Crippen LogP contribution in [0.2, 0.25) is 0 Å². The number of benzene rings is 1. The van der Waals surface area contributed by atoms with E-state index in [1.807, 2.05) is 43.1 Å². The van der Waals surface area contributed by atoms with Crippen LogP contribution in [0, 0.1) is 6.92 Å². The summed E-state index contributed by atoms with van der Waals surface area (Å²) >= 11 is 0. The van der Waals surface area contributed by atoms with E-state index in [4.69, 9.17) is 0 Å². The van der Waals surface area contributed by atoms with Crippen molar-refractivity contribution in [3.63, 3.8) is 0 Å². The number of phenolic OH excluding ortho intramolecular Hbond substituents is 1. The monoisotopic (exact) mass is 202 g/mol. The third kappa shape index (κ3) is 1.86. The van der Waals surface area contributed by atoms with Crippen LogP contribution in [0.4, 0.5) is 0 Å². The first-order chi connectivity index (χ1) is 7.20. The average Bonchev–Trinajstić information content (AvgIpc) is 2.70. The summed E-state index contributed by atoms with van der Waals surface area (Å²) < 4.78 is 1.87. The van der Waals surface area contributed by atoms with Crippen LogP contribution in [0.3, 0.4) is 0 Å². The van der Waals surface area contributed by atoms with E-state index in [0.717, 1.165) is 23.2 Å². The molecule has 1 N–H and O–H groups in total. The van der Waals surface area contributed by atoms with Crippen molar-refractivity contribution in [3.05, 3.63) is 36.2 Å². The van der Waals surface area contributed by atoms with Gasteiger partial charge in [0, 0.05) is 18.3 Å². The zero-order valence-corrected chi connectivity index (χ0v) is 8.94. The van der Waals surface area contributed by atoms with Crippen LogP contribution in [0.15, 0.2) is 30.6 Å². The number of phenols is 1. The van der Waals surface area contributed by atoms with Crippen molar-refractivity contribution < 1.29 is 5.11 Å². The molecule has 0 amide bonds. The van der Waals surface area contributed by atoms with Crippen molar-refractivity contribution in [2.45, 2.75) is 20.4 Å². The molecule has 1 aromatic carbocycles. The van der Waals surface area contributed by atoms with Crippen molar-refractivity contribution in [1.29, 1.82) is 0 Å². The molecule has 3 nitrogen and oxygen atoms in total. The fourth-order valence-electron chi connectivity index (χ4n) is 1.47. The molecular formula is C12H14N2O. The Kier molecular flexibility index (Phi) is 2.46. The summed E-state index contributed by atoms with van der Waals surface area (Å²) in [5.41, 5.74) is 2.92. The molecule has 0 fully saturated rings. The van der Waals surface area contributed by atoms with E-state index < -0.39 is 0 Å². The Bertz CT molecular complexity index is 474. The van der Waals surface area contributed by atoms with Gasteiger partial charge in [-0.15, -0.1) is 0 Å². The van der Waals surface area contributed by atoms with E-state index in [1.54, 1.807) is 6.07 Å². The molecule has 15 heavy (non-hydrogen) atoms. The number of aromatic nitrogens is 2. The zero-order chi connectivity index (χ0) is 10.8. The molecule has 0 radical (unpaired) electrons. The highest BCUT2D eigenvalue weighted by molar-refractivity contribution is 5.64. The van der Waals surface area contributed by atoms with Crippen LogP contribution in [-0.4, -0.2) is 14.9 Å². The molecule has 1 heterocycles. The van der Waals surface area contributed by atoms with Gasteiger partial charge in [-0.3, -0.25) is 4.68 Å². The van der Waals surface area contributed by atoms with Crippen molar-refractivity contribution in [1.82, 2.24) is 9.78 Å². The molecule has 0 saturated carbocycles. The third-order valence-electron chi connectivity index (χ3n) is 2.50. The molecule has 0 atom stereocenters. The fraction of sp³-hybridized carbons (Fsp3) is 0.250. The Balaban J connectivity index is 2.40. The van der Waals surface area contributed by atoms with Crippen molar-refractivity contribution in [2.24, 2.45) is 0 Å². The number of rotatable bonds is 2. The number of hydrogen-bond donors (Lipinski definition) is 1. The lowest BCUT2D eigenvalue weighted by Gasteiger charge is -2.01. The quantitative estimate of drug-likeness (QED) is 0.812. The predicted octanol–water partition coefficient (Wildman–Crippen LogP) is 2.58. The second kappa shape index (κ2) is 3.77. The second-order valence-electron chi connectivity index (χ2n) is 3.59. The van der Waals surface area contributed by atoms with Gasteiger partial charge >= 0.3 is 0 Å². The van der Waals surface area contributed by atoms with Gasteiger partial charge in [0.15, 0.2) is 0 Å². The average molecular weight is 202 g/mol. The maximum absolute atomic E-state index is 9.60. The summed E-state index contributed by atoms with van der Waals surface area (Å²) in [6, 6.07) is 5.67. The summed E-state index contributed by atoms with van der Waals surface area (Å²) in [6.07, 6.45) is 3.79. The third-order valence-corrected chi connectivity index (χ3v) is 2.50. The highest BCUT2D eigenvalue weighted by Gasteiger charge is 2.03. The van der Waals surface area contributed by atoms with E-state index in [0.29, 0.717) is 5.75 Å². The molecule has 0 aliphatic heterocycles. The molecule has 1 aromatic heterocycles. The van der Waals surface area contributed by atoms with Gasteiger partial charge in [0.05, 0.1) is 6.20 Å². The minimum absolute atomic E-state index is 0.330. The van der Waals surface area contributed by atoms with Crippen molar-refractivity contribution in [2.75, 3.05) is 0 Å². The maximum Gasteiger partial charge on any atom is 0.119 e. The second-order valence-corrected chi connectivity index (χ2v) is 3.59. The Labute approximate surface area is 89.0 Å². The van der Waals surface area contributed by atoms with E-state index in [2.05, 4.69) is 5.10 Å².